The lowest BCUT2D eigenvalue weighted by Crippen LogP contribution is -2.35. The van der Waals surface area contributed by atoms with Crippen LogP contribution in [0, 0.1) is 5.92 Å². The Hall–Kier alpha value is 0.01000. The highest BCUT2D eigenvalue weighted by atomic mass is 35.5. The van der Waals surface area contributed by atoms with E-state index >= 15 is 0 Å². The molecule has 0 amide bonds. The van der Waals surface area contributed by atoms with Gasteiger partial charge in [0, 0.05) is 13.1 Å². The maximum Gasteiger partial charge on any atom is 0.187 e. The third-order valence-corrected chi connectivity index (χ3v) is 5.51. The molecule has 0 spiro atoms. The first-order valence-corrected chi connectivity index (χ1v) is 7.78. The summed E-state index contributed by atoms with van der Waals surface area (Å²) in [6.45, 7) is 2.33. The summed E-state index contributed by atoms with van der Waals surface area (Å²) < 4.78 is 0. The lowest BCUT2D eigenvalue weighted by Gasteiger charge is -2.33. The van der Waals surface area contributed by atoms with Crippen LogP contribution < -0.4 is 4.90 Å². The van der Waals surface area contributed by atoms with E-state index in [1.165, 1.54) is 25.7 Å². The zero-order valence-electron chi connectivity index (χ0n) is 10.2. The van der Waals surface area contributed by atoms with Crippen molar-refractivity contribution in [1.29, 1.82) is 0 Å². The van der Waals surface area contributed by atoms with E-state index in [4.69, 9.17) is 23.2 Å². The van der Waals surface area contributed by atoms with Crippen molar-refractivity contribution in [3.8, 4) is 0 Å². The molecule has 2 nitrogen and oxygen atoms in total. The van der Waals surface area contributed by atoms with E-state index in [2.05, 4.69) is 23.9 Å². The molecule has 5 heteroatoms. The van der Waals surface area contributed by atoms with Crippen molar-refractivity contribution in [2.24, 2.45) is 5.92 Å². The molecule has 0 radical (unpaired) electrons. The van der Waals surface area contributed by atoms with Crippen LogP contribution in [0.5, 0.6) is 0 Å². The van der Waals surface area contributed by atoms with E-state index in [1.54, 1.807) is 11.3 Å². The monoisotopic (exact) mass is 292 g/mol. The largest absolute Gasteiger partial charge is 0.348 e. The highest BCUT2D eigenvalue weighted by Gasteiger charge is 2.24. The lowest BCUT2D eigenvalue weighted by molar-refractivity contribution is 0.336. The molecule has 1 aliphatic rings. The van der Waals surface area contributed by atoms with Gasteiger partial charge in [0.1, 0.15) is 5.15 Å². The van der Waals surface area contributed by atoms with Gasteiger partial charge in [-0.2, -0.15) is 0 Å². The van der Waals surface area contributed by atoms with Gasteiger partial charge < -0.3 is 4.90 Å². The van der Waals surface area contributed by atoms with Gasteiger partial charge in [0.15, 0.2) is 5.13 Å². The second kappa shape index (κ2) is 5.77. The fraction of sp³-hybridized carbons (Fsp3) is 0.750. The molecule has 96 valence electrons. The Morgan fingerprint density at radius 2 is 2.24 bits per heavy atom. The molecule has 17 heavy (non-hydrogen) atoms. The van der Waals surface area contributed by atoms with Crippen LogP contribution in [0.25, 0.3) is 0 Å². The quantitative estimate of drug-likeness (QED) is 0.760. The van der Waals surface area contributed by atoms with Crippen molar-refractivity contribution in [2.45, 2.75) is 44.5 Å². The van der Waals surface area contributed by atoms with E-state index in [-0.39, 0.29) is 0 Å². The first-order valence-electron chi connectivity index (χ1n) is 6.05. The normalized spacial score (nSPS) is 24.9. The molecular formula is C12H18Cl2N2S. The number of nitrogens with zero attached hydrogens (tertiary/aromatic N) is 2. The van der Waals surface area contributed by atoms with Gasteiger partial charge in [0.2, 0.25) is 0 Å². The summed E-state index contributed by atoms with van der Waals surface area (Å²) in [6, 6.07) is 0.601. The molecule has 2 unspecified atom stereocenters. The first kappa shape index (κ1) is 13.4. The molecule has 0 bridgehead atoms. The van der Waals surface area contributed by atoms with Crippen LogP contribution in [-0.2, 0) is 5.88 Å². The Labute approximate surface area is 117 Å². The zero-order chi connectivity index (χ0) is 12.4. The SMILES string of the molecule is CC1CCCC(N(C)c2nc(Cl)c(CCl)s2)C1. The Morgan fingerprint density at radius 1 is 1.47 bits per heavy atom. The fourth-order valence-corrected chi connectivity index (χ4v) is 3.97. The van der Waals surface area contributed by atoms with E-state index < -0.39 is 0 Å². The Kier molecular flexibility index (Phi) is 4.56. The minimum atomic E-state index is 0.450. The second-order valence-corrected chi connectivity index (χ2v) is 6.57. The molecule has 2 atom stereocenters. The summed E-state index contributed by atoms with van der Waals surface area (Å²) >= 11 is 13.5. The van der Waals surface area contributed by atoms with Crippen molar-refractivity contribution in [1.82, 2.24) is 4.98 Å². The molecule has 1 heterocycles. The first-order chi connectivity index (χ1) is 8.11. The van der Waals surface area contributed by atoms with E-state index in [1.807, 2.05) is 0 Å². The topological polar surface area (TPSA) is 16.1 Å². The molecular weight excluding hydrogens is 275 g/mol. The van der Waals surface area contributed by atoms with Gasteiger partial charge in [-0.1, -0.05) is 42.7 Å². The minimum Gasteiger partial charge on any atom is -0.348 e. The van der Waals surface area contributed by atoms with Crippen LogP contribution in [-0.4, -0.2) is 18.1 Å². The number of alkyl halides is 1. The Bertz CT molecular complexity index is 381. The van der Waals surface area contributed by atoms with Crippen LogP contribution >= 0.6 is 34.5 Å². The summed E-state index contributed by atoms with van der Waals surface area (Å²) in [4.78, 5) is 7.66. The van der Waals surface area contributed by atoms with Gasteiger partial charge in [-0.05, 0) is 18.8 Å². The average molecular weight is 293 g/mol. The smallest absolute Gasteiger partial charge is 0.187 e. The number of hydrogen-bond donors (Lipinski definition) is 0. The van der Waals surface area contributed by atoms with Crippen LogP contribution in [0.15, 0.2) is 0 Å². The van der Waals surface area contributed by atoms with Crippen LogP contribution in [0.2, 0.25) is 5.15 Å². The summed E-state index contributed by atoms with van der Waals surface area (Å²) in [7, 11) is 2.12. The minimum absolute atomic E-state index is 0.450. The summed E-state index contributed by atoms with van der Waals surface area (Å²) in [6.07, 6.45) is 5.19. The highest BCUT2D eigenvalue weighted by Crippen LogP contribution is 2.34. The number of hydrogen-bond acceptors (Lipinski definition) is 3. The Balaban J connectivity index is 2.09. The Morgan fingerprint density at radius 3 is 2.82 bits per heavy atom. The van der Waals surface area contributed by atoms with Gasteiger partial charge >= 0.3 is 0 Å². The average Bonchev–Trinajstić information content (AvgIpc) is 2.69. The van der Waals surface area contributed by atoms with Crippen molar-refractivity contribution in [2.75, 3.05) is 11.9 Å². The predicted molar refractivity (Wildman–Crippen MR) is 76.5 cm³/mol. The highest BCUT2D eigenvalue weighted by molar-refractivity contribution is 7.16. The number of halogens is 2. The standard InChI is InChI=1S/C12H18Cl2N2S/c1-8-4-3-5-9(6-8)16(2)12-15-11(14)10(7-13)17-12/h8-9H,3-7H2,1-2H3. The van der Waals surface area contributed by atoms with Crippen LogP contribution in [0.1, 0.15) is 37.5 Å². The third-order valence-electron chi connectivity index (χ3n) is 3.52. The van der Waals surface area contributed by atoms with E-state index in [0.717, 1.165) is 15.9 Å². The van der Waals surface area contributed by atoms with Crippen molar-refractivity contribution in [3.63, 3.8) is 0 Å². The molecule has 1 fully saturated rings. The lowest BCUT2D eigenvalue weighted by atomic mass is 9.86. The van der Waals surface area contributed by atoms with Crippen LogP contribution in [0.4, 0.5) is 5.13 Å². The third kappa shape index (κ3) is 3.07. The predicted octanol–water partition coefficient (Wildman–Crippen LogP) is 4.55. The molecule has 2 rings (SSSR count). The molecule has 0 N–H and O–H groups in total. The van der Waals surface area contributed by atoms with E-state index in [0.29, 0.717) is 17.1 Å². The number of rotatable bonds is 3. The summed E-state index contributed by atoms with van der Waals surface area (Å²) in [5, 5.41) is 1.57. The van der Waals surface area contributed by atoms with Gasteiger partial charge in [-0.25, -0.2) is 4.98 Å². The summed E-state index contributed by atoms with van der Waals surface area (Å²) in [5.41, 5.74) is 0. The van der Waals surface area contributed by atoms with E-state index in [9.17, 15) is 0 Å². The molecule has 1 aliphatic carbocycles. The molecule has 0 aliphatic heterocycles. The van der Waals surface area contributed by atoms with Crippen molar-refractivity contribution < 1.29 is 0 Å². The van der Waals surface area contributed by atoms with Gasteiger partial charge in [-0.3, -0.25) is 0 Å². The molecule has 1 aromatic rings. The van der Waals surface area contributed by atoms with Crippen molar-refractivity contribution >= 4 is 39.7 Å². The molecule has 1 aromatic heterocycles. The maximum atomic E-state index is 6.04. The van der Waals surface area contributed by atoms with Gasteiger partial charge in [0.05, 0.1) is 10.8 Å². The van der Waals surface area contributed by atoms with Crippen molar-refractivity contribution in [3.05, 3.63) is 10.0 Å². The number of aromatic nitrogens is 1. The summed E-state index contributed by atoms with van der Waals surface area (Å²) in [5.74, 6) is 1.27. The number of anilines is 1. The molecule has 0 aromatic carbocycles. The van der Waals surface area contributed by atoms with Gasteiger partial charge in [-0.15, -0.1) is 11.6 Å². The van der Waals surface area contributed by atoms with Crippen LogP contribution in [0.3, 0.4) is 0 Å². The molecule has 1 saturated carbocycles. The zero-order valence-corrected chi connectivity index (χ0v) is 12.6. The maximum absolute atomic E-state index is 6.04. The number of thiazole rings is 1. The fourth-order valence-electron chi connectivity index (χ4n) is 2.46. The van der Waals surface area contributed by atoms with Gasteiger partial charge in [0.25, 0.3) is 0 Å². The molecule has 0 saturated heterocycles. The second-order valence-electron chi connectivity index (χ2n) is 4.88.